The van der Waals surface area contributed by atoms with Crippen molar-refractivity contribution in [1.29, 1.82) is 0 Å². The molecular formula is C22H24Si. The number of allylic oxidation sites excluding steroid dienone is 4. The average molecular weight is 317 g/mol. The molecule has 0 heterocycles. The molecule has 2 aliphatic rings. The van der Waals surface area contributed by atoms with Crippen LogP contribution in [0, 0.1) is 0 Å². The van der Waals surface area contributed by atoms with Gasteiger partial charge < -0.3 is 0 Å². The van der Waals surface area contributed by atoms with Gasteiger partial charge in [0.1, 0.15) is 0 Å². The number of benzene rings is 2. The van der Waals surface area contributed by atoms with Gasteiger partial charge in [0.05, 0.1) is 0 Å². The highest BCUT2D eigenvalue weighted by Crippen LogP contribution is 2.50. The van der Waals surface area contributed by atoms with Gasteiger partial charge in [-0.3, -0.25) is 0 Å². The van der Waals surface area contributed by atoms with Gasteiger partial charge in [0.2, 0.25) is 0 Å². The second kappa shape index (κ2) is 5.35. The predicted molar refractivity (Wildman–Crippen MR) is 104 cm³/mol. The fourth-order valence-corrected chi connectivity index (χ4v) is 6.41. The topological polar surface area (TPSA) is 0 Å². The molecule has 0 aromatic heterocycles. The van der Waals surface area contributed by atoms with Crippen LogP contribution in [0.1, 0.15) is 42.5 Å². The standard InChI is InChI=1S/C22H24Si/c1-14-12-13-16(15(14)2)18-10-7-11-19-17-8-5-6-9-20(17)22(21(18)19)23(3)4/h5-12,22-23H,13H2,1-4H3. The SMILES string of the molecule is CC1=CCC(c2cccc3c2C([SiH](C)C)c2ccccc2-3)=C1C. The molecule has 2 aliphatic carbocycles. The van der Waals surface area contributed by atoms with Gasteiger partial charge in [-0.15, -0.1) is 0 Å². The summed E-state index contributed by atoms with van der Waals surface area (Å²) in [6.07, 6.45) is 3.48. The fourth-order valence-electron chi connectivity index (χ4n) is 4.37. The van der Waals surface area contributed by atoms with Crippen molar-refractivity contribution in [3.05, 3.63) is 76.4 Å². The Kier molecular flexibility index (Phi) is 3.42. The van der Waals surface area contributed by atoms with Crippen LogP contribution in [0.2, 0.25) is 13.1 Å². The van der Waals surface area contributed by atoms with Gasteiger partial charge in [0.25, 0.3) is 0 Å². The molecule has 0 fully saturated rings. The lowest BCUT2D eigenvalue weighted by Gasteiger charge is -2.21. The Labute approximate surface area is 141 Å². The van der Waals surface area contributed by atoms with Crippen molar-refractivity contribution in [1.82, 2.24) is 0 Å². The van der Waals surface area contributed by atoms with E-state index in [0.29, 0.717) is 5.54 Å². The summed E-state index contributed by atoms with van der Waals surface area (Å²) in [4.78, 5) is 0. The molecule has 0 saturated carbocycles. The van der Waals surface area contributed by atoms with E-state index in [0.717, 1.165) is 6.42 Å². The Bertz CT molecular complexity index is 852. The third-order valence-electron chi connectivity index (χ3n) is 5.65. The van der Waals surface area contributed by atoms with Crippen molar-refractivity contribution in [3.63, 3.8) is 0 Å². The summed E-state index contributed by atoms with van der Waals surface area (Å²) >= 11 is 0. The molecule has 0 spiro atoms. The van der Waals surface area contributed by atoms with Crippen LogP contribution in [-0.4, -0.2) is 8.80 Å². The Morgan fingerprint density at radius 3 is 2.26 bits per heavy atom. The molecule has 4 rings (SSSR count). The molecule has 2 aromatic rings. The number of rotatable bonds is 2. The Morgan fingerprint density at radius 1 is 0.870 bits per heavy atom. The second-order valence-corrected chi connectivity index (χ2v) is 10.4. The lowest BCUT2D eigenvalue weighted by Crippen LogP contribution is -2.16. The van der Waals surface area contributed by atoms with Gasteiger partial charge >= 0.3 is 0 Å². The van der Waals surface area contributed by atoms with Crippen molar-refractivity contribution in [2.75, 3.05) is 0 Å². The zero-order chi connectivity index (χ0) is 16.1. The summed E-state index contributed by atoms with van der Waals surface area (Å²) in [6, 6.07) is 16.0. The lowest BCUT2D eigenvalue weighted by molar-refractivity contribution is 1.14. The molecule has 1 atom stereocenters. The Morgan fingerprint density at radius 2 is 1.57 bits per heavy atom. The number of fused-ring (bicyclic) bond motifs is 3. The van der Waals surface area contributed by atoms with E-state index >= 15 is 0 Å². The molecular weight excluding hydrogens is 292 g/mol. The van der Waals surface area contributed by atoms with Crippen LogP contribution in [0.25, 0.3) is 16.7 Å². The van der Waals surface area contributed by atoms with Crippen molar-refractivity contribution >= 4 is 14.4 Å². The monoisotopic (exact) mass is 316 g/mol. The second-order valence-electron chi connectivity index (χ2n) is 7.27. The van der Waals surface area contributed by atoms with E-state index in [2.05, 4.69) is 75.5 Å². The van der Waals surface area contributed by atoms with Crippen LogP contribution in [0.15, 0.2) is 59.7 Å². The summed E-state index contributed by atoms with van der Waals surface area (Å²) in [5.74, 6) is 0. The van der Waals surface area contributed by atoms with Gasteiger partial charge in [-0.2, -0.15) is 0 Å². The summed E-state index contributed by atoms with van der Waals surface area (Å²) in [5.41, 5.74) is 12.8. The van der Waals surface area contributed by atoms with Gasteiger partial charge in [0, 0.05) is 14.3 Å². The molecule has 0 amide bonds. The van der Waals surface area contributed by atoms with E-state index in [4.69, 9.17) is 0 Å². The third-order valence-corrected chi connectivity index (χ3v) is 7.68. The van der Waals surface area contributed by atoms with E-state index in [1.54, 1.807) is 16.7 Å². The minimum Gasteiger partial charge on any atom is -0.0769 e. The Balaban J connectivity index is 1.99. The van der Waals surface area contributed by atoms with Gasteiger partial charge in [-0.05, 0) is 59.2 Å². The first-order chi connectivity index (χ1) is 11.1. The Hall–Kier alpha value is -1.86. The van der Waals surface area contributed by atoms with E-state index in [1.807, 2.05) is 0 Å². The van der Waals surface area contributed by atoms with Crippen LogP contribution in [0.4, 0.5) is 0 Å². The van der Waals surface area contributed by atoms with Crippen molar-refractivity contribution < 1.29 is 0 Å². The van der Waals surface area contributed by atoms with E-state index in [-0.39, 0.29) is 0 Å². The minimum atomic E-state index is -0.844. The normalized spacial score (nSPS) is 19.2. The lowest BCUT2D eigenvalue weighted by atomic mass is 9.92. The van der Waals surface area contributed by atoms with Gasteiger partial charge in [-0.1, -0.05) is 67.2 Å². The summed E-state index contributed by atoms with van der Waals surface area (Å²) in [6.45, 7) is 9.52. The van der Waals surface area contributed by atoms with Crippen molar-refractivity contribution in [3.8, 4) is 11.1 Å². The molecule has 23 heavy (non-hydrogen) atoms. The summed E-state index contributed by atoms with van der Waals surface area (Å²) in [7, 11) is -0.844. The molecule has 0 saturated heterocycles. The molecule has 116 valence electrons. The smallest absolute Gasteiger partial charge is 0.0444 e. The highest BCUT2D eigenvalue weighted by atomic mass is 28.3. The largest absolute Gasteiger partial charge is 0.0769 e. The molecule has 1 heteroatoms. The number of hydrogen-bond acceptors (Lipinski definition) is 0. The van der Waals surface area contributed by atoms with Crippen LogP contribution >= 0.6 is 0 Å². The first kappa shape index (κ1) is 14.7. The maximum absolute atomic E-state index is 2.49. The maximum Gasteiger partial charge on any atom is 0.0444 e. The molecule has 0 bridgehead atoms. The van der Waals surface area contributed by atoms with E-state index in [1.165, 1.54) is 27.8 Å². The summed E-state index contributed by atoms with van der Waals surface area (Å²) < 4.78 is 0. The highest BCUT2D eigenvalue weighted by Gasteiger charge is 2.34. The molecule has 0 radical (unpaired) electrons. The average Bonchev–Trinajstić information content (AvgIpc) is 3.06. The molecule has 1 unspecified atom stereocenters. The fraction of sp³-hybridized carbons (Fsp3) is 0.273. The third kappa shape index (κ3) is 2.10. The zero-order valence-corrected chi connectivity index (χ0v) is 15.6. The molecule has 0 aliphatic heterocycles. The van der Waals surface area contributed by atoms with Crippen LogP contribution in [0.3, 0.4) is 0 Å². The predicted octanol–water partition coefficient (Wildman–Crippen LogP) is 5.95. The summed E-state index contributed by atoms with van der Waals surface area (Å²) in [5, 5.41) is 0. The molecule has 2 aromatic carbocycles. The van der Waals surface area contributed by atoms with Crippen LogP contribution < -0.4 is 0 Å². The van der Waals surface area contributed by atoms with Crippen LogP contribution in [-0.2, 0) is 0 Å². The number of hydrogen-bond donors (Lipinski definition) is 0. The maximum atomic E-state index is 2.49. The van der Waals surface area contributed by atoms with Crippen LogP contribution in [0.5, 0.6) is 0 Å². The quantitative estimate of drug-likeness (QED) is 0.601. The van der Waals surface area contributed by atoms with E-state index in [9.17, 15) is 0 Å². The molecule has 0 N–H and O–H groups in total. The molecule has 0 nitrogen and oxygen atoms in total. The van der Waals surface area contributed by atoms with Crippen molar-refractivity contribution in [2.45, 2.75) is 38.9 Å². The first-order valence-corrected chi connectivity index (χ1v) is 11.7. The van der Waals surface area contributed by atoms with Gasteiger partial charge in [0.15, 0.2) is 0 Å². The van der Waals surface area contributed by atoms with Crippen molar-refractivity contribution in [2.24, 2.45) is 0 Å². The zero-order valence-electron chi connectivity index (χ0n) is 14.5. The van der Waals surface area contributed by atoms with Gasteiger partial charge in [-0.25, -0.2) is 0 Å². The van der Waals surface area contributed by atoms with E-state index < -0.39 is 8.80 Å². The minimum absolute atomic E-state index is 0.651. The first-order valence-electron chi connectivity index (χ1n) is 8.69. The highest BCUT2D eigenvalue weighted by molar-refractivity contribution is 6.59.